The number of rotatable bonds is 3. The first-order valence-corrected chi connectivity index (χ1v) is 7.81. The second-order valence-electron chi connectivity index (χ2n) is 6.45. The third-order valence-electron chi connectivity index (χ3n) is 4.95. The minimum atomic E-state index is 0. The van der Waals surface area contributed by atoms with Crippen molar-refractivity contribution in [3.05, 3.63) is 0 Å². The van der Waals surface area contributed by atoms with Crippen molar-refractivity contribution in [2.24, 2.45) is 11.7 Å². The van der Waals surface area contributed by atoms with Crippen molar-refractivity contribution in [2.75, 3.05) is 26.7 Å². The molecule has 2 fully saturated rings. The minimum absolute atomic E-state index is 0. The molecule has 0 aromatic carbocycles. The number of carbonyl (C=O) groups excluding carboxylic acids is 1. The summed E-state index contributed by atoms with van der Waals surface area (Å²) in [5, 5.41) is 0. The van der Waals surface area contributed by atoms with Crippen molar-refractivity contribution in [1.82, 2.24) is 9.80 Å². The van der Waals surface area contributed by atoms with Gasteiger partial charge in [0.05, 0.1) is 6.54 Å². The summed E-state index contributed by atoms with van der Waals surface area (Å²) >= 11 is 0. The SMILES string of the molecule is CC1CCCCC1N(C)C(=O)CN1CCC(N)CC1.Cl. The number of carbonyl (C=O) groups is 1. The maximum absolute atomic E-state index is 12.4. The average molecular weight is 304 g/mol. The molecular formula is C15H30ClN3O. The highest BCUT2D eigenvalue weighted by molar-refractivity contribution is 5.85. The third-order valence-corrected chi connectivity index (χ3v) is 4.95. The summed E-state index contributed by atoms with van der Waals surface area (Å²) in [6.07, 6.45) is 7.08. The monoisotopic (exact) mass is 303 g/mol. The van der Waals surface area contributed by atoms with Crippen LogP contribution in [0.25, 0.3) is 0 Å². The molecule has 2 unspecified atom stereocenters. The van der Waals surface area contributed by atoms with Gasteiger partial charge in [-0.05, 0) is 31.6 Å². The lowest BCUT2D eigenvalue weighted by Crippen LogP contribution is -2.49. The minimum Gasteiger partial charge on any atom is -0.341 e. The number of hydrogen-bond acceptors (Lipinski definition) is 3. The first-order valence-electron chi connectivity index (χ1n) is 7.81. The van der Waals surface area contributed by atoms with E-state index in [2.05, 4.69) is 11.8 Å². The van der Waals surface area contributed by atoms with Gasteiger partial charge in [0.15, 0.2) is 0 Å². The maximum atomic E-state index is 12.4. The second kappa shape index (κ2) is 8.20. The summed E-state index contributed by atoms with van der Waals surface area (Å²) in [6, 6.07) is 0.788. The zero-order valence-corrected chi connectivity index (χ0v) is 13.7. The highest BCUT2D eigenvalue weighted by Crippen LogP contribution is 2.27. The van der Waals surface area contributed by atoms with Crippen LogP contribution in [0.3, 0.4) is 0 Å². The van der Waals surface area contributed by atoms with Crippen molar-refractivity contribution in [3.63, 3.8) is 0 Å². The molecule has 2 N–H and O–H groups in total. The summed E-state index contributed by atoms with van der Waals surface area (Å²) in [7, 11) is 1.99. The van der Waals surface area contributed by atoms with Gasteiger partial charge in [0, 0.05) is 32.2 Å². The van der Waals surface area contributed by atoms with E-state index < -0.39 is 0 Å². The quantitative estimate of drug-likeness (QED) is 0.866. The fourth-order valence-corrected chi connectivity index (χ4v) is 3.47. The predicted octanol–water partition coefficient (Wildman–Crippen LogP) is 1.87. The normalized spacial score (nSPS) is 28.8. The molecule has 1 saturated heterocycles. The highest BCUT2D eigenvalue weighted by Gasteiger charge is 2.29. The van der Waals surface area contributed by atoms with Crippen molar-refractivity contribution < 1.29 is 4.79 Å². The molecule has 1 aliphatic heterocycles. The lowest BCUT2D eigenvalue weighted by atomic mass is 9.85. The Morgan fingerprint density at radius 2 is 1.80 bits per heavy atom. The molecular weight excluding hydrogens is 274 g/mol. The molecule has 2 rings (SSSR count). The standard InChI is InChI=1S/C15H29N3O.ClH/c1-12-5-3-4-6-14(12)17(2)15(19)11-18-9-7-13(16)8-10-18;/h12-14H,3-11,16H2,1-2H3;1H. The summed E-state index contributed by atoms with van der Waals surface area (Å²) in [5.41, 5.74) is 5.90. The number of hydrogen-bond donors (Lipinski definition) is 1. The van der Waals surface area contributed by atoms with Crippen molar-refractivity contribution >= 4 is 18.3 Å². The first-order chi connectivity index (χ1) is 9.08. The Balaban J connectivity index is 0.00000200. The summed E-state index contributed by atoms with van der Waals surface area (Å²) in [6.45, 7) is 4.81. The van der Waals surface area contributed by atoms with Gasteiger partial charge in [0.25, 0.3) is 0 Å². The van der Waals surface area contributed by atoms with Crippen LogP contribution < -0.4 is 5.73 Å². The molecule has 1 saturated carbocycles. The molecule has 2 atom stereocenters. The molecule has 0 radical (unpaired) electrons. The zero-order valence-electron chi connectivity index (χ0n) is 12.9. The molecule has 1 amide bonds. The van der Waals surface area contributed by atoms with E-state index in [-0.39, 0.29) is 18.3 Å². The number of likely N-dealkylation sites (N-methyl/N-ethyl adjacent to an activating group) is 1. The van der Waals surface area contributed by atoms with Crippen molar-refractivity contribution in [3.8, 4) is 0 Å². The topological polar surface area (TPSA) is 49.6 Å². The number of halogens is 1. The van der Waals surface area contributed by atoms with E-state index in [1.165, 1.54) is 25.7 Å². The highest BCUT2D eigenvalue weighted by atomic mass is 35.5. The molecule has 4 nitrogen and oxygen atoms in total. The van der Waals surface area contributed by atoms with Crippen LogP contribution in [0.2, 0.25) is 0 Å². The van der Waals surface area contributed by atoms with Gasteiger partial charge in [-0.3, -0.25) is 9.69 Å². The van der Waals surface area contributed by atoms with Crippen LogP contribution in [0, 0.1) is 5.92 Å². The molecule has 20 heavy (non-hydrogen) atoms. The van der Waals surface area contributed by atoms with Gasteiger partial charge in [-0.1, -0.05) is 19.8 Å². The Hall–Kier alpha value is -0.320. The first kappa shape index (κ1) is 17.7. The molecule has 118 valence electrons. The van der Waals surface area contributed by atoms with Crippen LogP contribution in [0.5, 0.6) is 0 Å². The van der Waals surface area contributed by atoms with Gasteiger partial charge in [0.2, 0.25) is 5.91 Å². The van der Waals surface area contributed by atoms with E-state index in [0.29, 0.717) is 24.5 Å². The number of piperidine rings is 1. The Morgan fingerprint density at radius 3 is 2.40 bits per heavy atom. The molecule has 1 heterocycles. The Kier molecular flexibility index (Phi) is 7.27. The van der Waals surface area contributed by atoms with Crippen LogP contribution in [0.15, 0.2) is 0 Å². The van der Waals surface area contributed by atoms with Gasteiger partial charge in [0.1, 0.15) is 0 Å². The number of nitrogens with zero attached hydrogens (tertiary/aromatic N) is 2. The number of amides is 1. The van der Waals surface area contributed by atoms with Crippen LogP contribution in [-0.4, -0.2) is 54.5 Å². The largest absolute Gasteiger partial charge is 0.341 e. The lowest BCUT2D eigenvalue weighted by molar-refractivity contribution is -0.135. The lowest BCUT2D eigenvalue weighted by Gasteiger charge is -2.38. The fourth-order valence-electron chi connectivity index (χ4n) is 3.47. The molecule has 0 spiro atoms. The average Bonchev–Trinajstić information content (AvgIpc) is 2.41. The number of likely N-dealkylation sites (tertiary alicyclic amines) is 1. The van der Waals surface area contributed by atoms with E-state index in [1.807, 2.05) is 11.9 Å². The predicted molar refractivity (Wildman–Crippen MR) is 85.1 cm³/mol. The molecule has 0 bridgehead atoms. The van der Waals surface area contributed by atoms with Crippen LogP contribution in [0.1, 0.15) is 45.4 Å². The fraction of sp³-hybridized carbons (Fsp3) is 0.933. The van der Waals surface area contributed by atoms with Crippen LogP contribution in [-0.2, 0) is 4.79 Å². The van der Waals surface area contributed by atoms with Crippen LogP contribution in [0.4, 0.5) is 0 Å². The zero-order chi connectivity index (χ0) is 13.8. The Morgan fingerprint density at radius 1 is 1.20 bits per heavy atom. The molecule has 1 aliphatic carbocycles. The van der Waals surface area contributed by atoms with Gasteiger partial charge in [-0.25, -0.2) is 0 Å². The Labute approximate surface area is 129 Å². The molecule has 0 aromatic rings. The van der Waals surface area contributed by atoms with Crippen molar-refractivity contribution in [1.29, 1.82) is 0 Å². The van der Waals surface area contributed by atoms with E-state index in [4.69, 9.17) is 5.73 Å². The number of nitrogens with two attached hydrogens (primary N) is 1. The van der Waals surface area contributed by atoms with Gasteiger partial charge >= 0.3 is 0 Å². The van der Waals surface area contributed by atoms with Gasteiger partial charge < -0.3 is 10.6 Å². The van der Waals surface area contributed by atoms with Gasteiger partial charge in [-0.15, -0.1) is 12.4 Å². The Bertz CT molecular complexity index is 305. The summed E-state index contributed by atoms with van der Waals surface area (Å²) in [4.78, 5) is 16.7. The molecule has 2 aliphatic rings. The van der Waals surface area contributed by atoms with Gasteiger partial charge in [-0.2, -0.15) is 0 Å². The second-order valence-corrected chi connectivity index (χ2v) is 6.45. The smallest absolute Gasteiger partial charge is 0.236 e. The summed E-state index contributed by atoms with van der Waals surface area (Å²) < 4.78 is 0. The summed E-state index contributed by atoms with van der Waals surface area (Å²) in [5.74, 6) is 0.937. The van der Waals surface area contributed by atoms with Crippen molar-refractivity contribution in [2.45, 2.75) is 57.5 Å². The maximum Gasteiger partial charge on any atom is 0.236 e. The molecule has 5 heteroatoms. The van der Waals surface area contributed by atoms with Crippen LogP contribution >= 0.6 is 12.4 Å². The third kappa shape index (κ3) is 4.61. The molecule has 0 aromatic heterocycles. The van der Waals surface area contributed by atoms with E-state index in [9.17, 15) is 4.79 Å². The van der Waals surface area contributed by atoms with E-state index in [0.717, 1.165) is 25.9 Å². The van der Waals surface area contributed by atoms with E-state index >= 15 is 0 Å². The van der Waals surface area contributed by atoms with E-state index in [1.54, 1.807) is 0 Å².